The third kappa shape index (κ3) is 2.07. The highest BCUT2D eigenvalue weighted by molar-refractivity contribution is 7.99. The zero-order valence-electron chi connectivity index (χ0n) is 12.7. The molecule has 24 heavy (non-hydrogen) atoms. The number of thioether (sulfide) groups is 1. The fourth-order valence-electron chi connectivity index (χ4n) is 2.94. The summed E-state index contributed by atoms with van der Waals surface area (Å²) in [7, 11) is 0. The average molecular weight is 331 g/mol. The highest BCUT2D eigenvalue weighted by Gasteiger charge is 2.21. The number of hydrogen-bond donors (Lipinski definition) is 1. The predicted octanol–water partition coefficient (Wildman–Crippen LogP) is 3.78. The smallest absolute Gasteiger partial charge is 0.212 e. The third-order valence-corrected chi connectivity index (χ3v) is 5.03. The number of aromatic amines is 1. The van der Waals surface area contributed by atoms with Crippen LogP contribution in [0, 0.1) is 0 Å². The summed E-state index contributed by atoms with van der Waals surface area (Å²) in [6.45, 7) is 0. The molecule has 0 aliphatic carbocycles. The van der Waals surface area contributed by atoms with Crippen LogP contribution in [0.2, 0.25) is 0 Å². The molecule has 0 spiro atoms. The first-order chi connectivity index (χ1) is 11.9. The van der Waals surface area contributed by atoms with E-state index in [1.54, 1.807) is 11.8 Å². The number of para-hydroxylation sites is 1. The average Bonchev–Trinajstić information content (AvgIpc) is 3.26. The summed E-state index contributed by atoms with van der Waals surface area (Å²) in [6.07, 6.45) is 2.03. The largest absolute Gasteiger partial charge is 0.360 e. The number of hydrogen-bond acceptors (Lipinski definition) is 4. The molecule has 0 saturated heterocycles. The Labute approximate surface area is 142 Å². The van der Waals surface area contributed by atoms with Gasteiger partial charge >= 0.3 is 0 Å². The van der Waals surface area contributed by atoms with Crippen LogP contribution in [0.1, 0.15) is 5.56 Å². The summed E-state index contributed by atoms with van der Waals surface area (Å²) >= 11 is 1.66. The van der Waals surface area contributed by atoms with Crippen molar-refractivity contribution in [1.82, 2.24) is 19.9 Å². The van der Waals surface area contributed by atoms with Crippen LogP contribution in [0.15, 0.2) is 71.1 Å². The van der Waals surface area contributed by atoms with E-state index in [0.29, 0.717) is 0 Å². The van der Waals surface area contributed by atoms with Crippen LogP contribution < -0.4 is 0 Å². The lowest BCUT2D eigenvalue weighted by Gasteiger charge is -2.13. The van der Waals surface area contributed by atoms with Crippen molar-refractivity contribution in [3.63, 3.8) is 0 Å². The van der Waals surface area contributed by atoms with E-state index >= 15 is 0 Å². The molecule has 116 valence electrons. The van der Waals surface area contributed by atoms with Gasteiger partial charge in [-0.1, -0.05) is 60.3 Å². The Morgan fingerprint density at radius 3 is 2.71 bits per heavy atom. The van der Waals surface area contributed by atoms with Gasteiger partial charge in [0, 0.05) is 34.0 Å². The second-order valence-corrected chi connectivity index (χ2v) is 6.51. The van der Waals surface area contributed by atoms with Gasteiger partial charge in [-0.3, -0.25) is 0 Å². The quantitative estimate of drug-likeness (QED) is 0.608. The van der Waals surface area contributed by atoms with E-state index in [1.165, 1.54) is 5.39 Å². The van der Waals surface area contributed by atoms with Crippen LogP contribution in [0.25, 0.3) is 22.3 Å². The lowest BCUT2D eigenvalue weighted by Crippen LogP contribution is -2.13. The maximum atomic E-state index is 4.84. The van der Waals surface area contributed by atoms with Crippen molar-refractivity contribution in [2.45, 2.75) is 5.16 Å². The Kier molecular flexibility index (Phi) is 3.02. The highest BCUT2D eigenvalue weighted by atomic mass is 32.2. The molecule has 0 amide bonds. The monoisotopic (exact) mass is 331 g/mol. The molecule has 3 heterocycles. The van der Waals surface area contributed by atoms with Crippen LogP contribution in [-0.2, 0) is 0 Å². The maximum Gasteiger partial charge on any atom is 0.212 e. The molecule has 2 aromatic heterocycles. The van der Waals surface area contributed by atoms with Crippen molar-refractivity contribution in [3.8, 4) is 11.4 Å². The minimum absolute atomic E-state index is 0.773. The summed E-state index contributed by atoms with van der Waals surface area (Å²) in [5.41, 5.74) is 4.30. The lowest BCUT2D eigenvalue weighted by molar-refractivity contribution is 0.762. The number of rotatable bonds is 2. The van der Waals surface area contributed by atoms with Gasteiger partial charge in [0.2, 0.25) is 5.16 Å². The minimum Gasteiger partial charge on any atom is -0.360 e. The zero-order valence-corrected chi connectivity index (χ0v) is 13.5. The molecule has 5 rings (SSSR count). The summed E-state index contributed by atoms with van der Waals surface area (Å²) in [5.74, 6) is 1.56. The highest BCUT2D eigenvalue weighted by Crippen LogP contribution is 2.30. The Hall–Kier alpha value is -2.86. The van der Waals surface area contributed by atoms with E-state index in [4.69, 9.17) is 5.10 Å². The topological polar surface area (TPSA) is 58.9 Å². The van der Waals surface area contributed by atoms with Crippen LogP contribution >= 0.6 is 11.8 Å². The summed E-state index contributed by atoms with van der Waals surface area (Å²) in [6, 6.07) is 18.3. The number of H-pyrrole nitrogens is 1. The van der Waals surface area contributed by atoms with E-state index in [0.717, 1.165) is 39.1 Å². The molecule has 1 aliphatic heterocycles. The van der Waals surface area contributed by atoms with E-state index in [2.05, 4.69) is 33.4 Å². The molecule has 5 nitrogen and oxygen atoms in total. The summed E-state index contributed by atoms with van der Waals surface area (Å²) in [4.78, 5) is 3.32. The molecule has 0 fully saturated rings. The standard InChI is InChI=1S/C18H13N5S/c1-2-6-12(7-3-1)17-20-21-18-23(17)22-16(11-24-18)14-10-19-15-9-5-4-8-13(14)15/h1-10,19H,11H2. The molecular formula is C18H13N5S. The van der Waals surface area contributed by atoms with Crippen LogP contribution in [0.4, 0.5) is 0 Å². The maximum absolute atomic E-state index is 4.84. The van der Waals surface area contributed by atoms with E-state index < -0.39 is 0 Å². The van der Waals surface area contributed by atoms with Crippen molar-refractivity contribution < 1.29 is 0 Å². The Morgan fingerprint density at radius 2 is 1.79 bits per heavy atom. The van der Waals surface area contributed by atoms with E-state index in [1.807, 2.05) is 47.3 Å². The number of nitrogens with one attached hydrogen (secondary N) is 1. The first kappa shape index (κ1) is 13.6. The van der Waals surface area contributed by atoms with Gasteiger partial charge < -0.3 is 4.98 Å². The van der Waals surface area contributed by atoms with Gasteiger partial charge in [0.1, 0.15) is 0 Å². The molecule has 4 aromatic rings. The Balaban J connectivity index is 1.66. The molecule has 0 unspecified atom stereocenters. The van der Waals surface area contributed by atoms with Crippen molar-refractivity contribution >= 4 is 28.4 Å². The number of aromatic nitrogens is 4. The second-order valence-electron chi connectivity index (χ2n) is 5.57. The minimum atomic E-state index is 0.773. The van der Waals surface area contributed by atoms with Gasteiger partial charge in [-0.05, 0) is 6.07 Å². The van der Waals surface area contributed by atoms with Crippen molar-refractivity contribution in [1.29, 1.82) is 0 Å². The molecule has 0 saturated carbocycles. The van der Waals surface area contributed by atoms with Crippen LogP contribution in [0.3, 0.4) is 0 Å². The van der Waals surface area contributed by atoms with Gasteiger partial charge in [-0.2, -0.15) is 9.78 Å². The Morgan fingerprint density at radius 1 is 0.958 bits per heavy atom. The van der Waals surface area contributed by atoms with E-state index in [-0.39, 0.29) is 0 Å². The van der Waals surface area contributed by atoms with Crippen molar-refractivity contribution in [3.05, 3.63) is 66.4 Å². The lowest BCUT2D eigenvalue weighted by atomic mass is 10.1. The summed E-state index contributed by atoms with van der Waals surface area (Å²) < 4.78 is 1.85. The fourth-order valence-corrected chi connectivity index (χ4v) is 3.76. The molecule has 0 atom stereocenters. The molecule has 2 aromatic carbocycles. The number of fused-ring (bicyclic) bond motifs is 2. The molecule has 1 aliphatic rings. The van der Waals surface area contributed by atoms with Gasteiger partial charge in [-0.15, -0.1) is 10.2 Å². The fraction of sp³-hybridized carbons (Fsp3) is 0.0556. The SMILES string of the molecule is c1ccc(-c2nnc3n2N=C(c2c[nH]c4ccccc24)CS3)cc1. The first-order valence-corrected chi connectivity index (χ1v) is 8.67. The first-order valence-electron chi connectivity index (χ1n) is 7.68. The van der Waals surface area contributed by atoms with E-state index in [9.17, 15) is 0 Å². The predicted molar refractivity (Wildman–Crippen MR) is 96.4 cm³/mol. The molecule has 0 radical (unpaired) electrons. The van der Waals surface area contributed by atoms with Gasteiger partial charge in [0.05, 0.1) is 5.71 Å². The molecular weight excluding hydrogens is 318 g/mol. The summed E-state index contributed by atoms with van der Waals surface area (Å²) in [5, 5.41) is 15.5. The van der Waals surface area contributed by atoms with Crippen LogP contribution in [0.5, 0.6) is 0 Å². The Bertz CT molecular complexity index is 1060. The zero-order chi connectivity index (χ0) is 15.9. The third-order valence-electron chi connectivity index (χ3n) is 4.10. The second kappa shape index (κ2) is 5.35. The number of nitrogens with zero attached hydrogens (tertiary/aromatic N) is 4. The normalized spacial score (nSPS) is 13.8. The van der Waals surface area contributed by atoms with Gasteiger partial charge in [0.15, 0.2) is 5.82 Å². The molecule has 1 N–H and O–H groups in total. The van der Waals surface area contributed by atoms with Gasteiger partial charge in [0.25, 0.3) is 0 Å². The van der Waals surface area contributed by atoms with Gasteiger partial charge in [-0.25, -0.2) is 0 Å². The molecule has 6 heteroatoms. The van der Waals surface area contributed by atoms with Crippen LogP contribution in [-0.4, -0.2) is 31.3 Å². The van der Waals surface area contributed by atoms with Crippen molar-refractivity contribution in [2.24, 2.45) is 5.10 Å². The number of benzene rings is 2. The molecule has 0 bridgehead atoms. The van der Waals surface area contributed by atoms with Crippen molar-refractivity contribution in [2.75, 3.05) is 5.75 Å².